The van der Waals surface area contributed by atoms with Gasteiger partial charge in [0.25, 0.3) is 0 Å². The first-order valence-electron chi connectivity index (χ1n) is 6.92. The van der Waals surface area contributed by atoms with Gasteiger partial charge in [0, 0.05) is 6.04 Å². The van der Waals surface area contributed by atoms with E-state index in [0.29, 0.717) is 11.9 Å². The van der Waals surface area contributed by atoms with Crippen LogP contribution in [0.3, 0.4) is 0 Å². The molecule has 0 aliphatic heterocycles. The monoisotopic (exact) mass is 268 g/mol. The van der Waals surface area contributed by atoms with Crippen molar-refractivity contribution in [2.45, 2.75) is 31.7 Å². The van der Waals surface area contributed by atoms with Crippen LogP contribution in [0.15, 0.2) is 35.8 Å². The van der Waals surface area contributed by atoms with Gasteiger partial charge in [0.05, 0.1) is 5.69 Å². The molecule has 4 nitrogen and oxygen atoms in total. The van der Waals surface area contributed by atoms with Gasteiger partial charge in [-0.1, -0.05) is 12.6 Å². The molecule has 0 saturated heterocycles. The number of benzene rings is 1. The molecular weight excluding hydrogens is 248 g/mol. The van der Waals surface area contributed by atoms with Crippen molar-refractivity contribution in [3.8, 4) is 6.19 Å². The van der Waals surface area contributed by atoms with E-state index in [1.54, 1.807) is 6.08 Å². The van der Waals surface area contributed by atoms with E-state index in [1.165, 1.54) is 17.5 Å². The molecule has 0 radical (unpaired) electrons. The Morgan fingerprint density at radius 3 is 2.80 bits per heavy atom. The number of aryl methyl sites for hydroxylation is 2. The fourth-order valence-corrected chi connectivity index (χ4v) is 2.57. The van der Waals surface area contributed by atoms with Crippen molar-refractivity contribution < 1.29 is 0 Å². The zero-order valence-corrected chi connectivity index (χ0v) is 11.8. The molecular formula is C16H20N4. The van der Waals surface area contributed by atoms with Gasteiger partial charge < -0.3 is 5.32 Å². The van der Waals surface area contributed by atoms with Crippen molar-refractivity contribution in [1.82, 2.24) is 10.6 Å². The summed E-state index contributed by atoms with van der Waals surface area (Å²) in [5.74, 6) is 0.481. The summed E-state index contributed by atoms with van der Waals surface area (Å²) in [5.41, 5.74) is 3.64. The second kappa shape index (κ2) is 6.88. The number of amidine groups is 1. The topological polar surface area (TPSA) is 60.2 Å². The second-order valence-corrected chi connectivity index (χ2v) is 4.95. The Balaban J connectivity index is 2.22. The van der Waals surface area contributed by atoms with E-state index in [9.17, 15) is 0 Å². The van der Waals surface area contributed by atoms with Gasteiger partial charge in [0.2, 0.25) is 0 Å². The lowest BCUT2D eigenvalue weighted by molar-refractivity contribution is 0.503. The predicted octanol–water partition coefficient (Wildman–Crippen LogP) is 2.44. The zero-order valence-electron chi connectivity index (χ0n) is 11.8. The molecule has 20 heavy (non-hydrogen) atoms. The van der Waals surface area contributed by atoms with Crippen molar-refractivity contribution in [3.63, 3.8) is 0 Å². The average Bonchev–Trinajstić information content (AvgIpc) is 2.68. The molecule has 0 amide bonds. The van der Waals surface area contributed by atoms with Gasteiger partial charge in [-0.2, -0.15) is 5.26 Å². The summed E-state index contributed by atoms with van der Waals surface area (Å²) in [6, 6.07) is 6.87. The van der Waals surface area contributed by atoms with Crippen molar-refractivity contribution in [2.75, 3.05) is 7.05 Å². The minimum atomic E-state index is 0.481. The first-order valence-corrected chi connectivity index (χ1v) is 6.92. The maximum absolute atomic E-state index is 8.63. The number of fused-ring (bicyclic) bond motifs is 1. The molecule has 0 bridgehead atoms. The molecule has 1 aliphatic carbocycles. The molecule has 4 heteroatoms. The quantitative estimate of drug-likeness (QED) is 0.291. The van der Waals surface area contributed by atoms with Crippen LogP contribution in [-0.4, -0.2) is 18.9 Å². The molecule has 104 valence electrons. The third-order valence-electron chi connectivity index (χ3n) is 3.75. The lowest BCUT2D eigenvalue weighted by atomic mass is 10.0. The van der Waals surface area contributed by atoms with Gasteiger partial charge in [-0.05, 0) is 62.1 Å². The van der Waals surface area contributed by atoms with Crippen molar-refractivity contribution in [1.29, 1.82) is 5.26 Å². The van der Waals surface area contributed by atoms with Crippen LogP contribution >= 0.6 is 0 Å². The Bertz CT molecular complexity index is 554. The molecule has 0 spiro atoms. The van der Waals surface area contributed by atoms with Crippen molar-refractivity contribution in [2.24, 2.45) is 4.99 Å². The van der Waals surface area contributed by atoms with Crippen molar-refractivity contribution in [3.05, 3.63) is 42.0 Å². The van der Waals surface area contributed by atoms with Gasteiger partial charge in [-0.25, -0.2) is 4.99 Å². The highest BCUT2D eigenvalue weighted by Crippen LogP contribution is 2.25. The Kier molecular flexibility index (Phi) is 4.91. The van der Waals surface area contributed by atoms with Gasteiger partial charge in [-0.3, -0.25) is 5.32 Å². The summed E-state index contributed by atoms with van der Waals surface area (Å²) >= 11 is 0. The standard InChI is InChI=1S/C16H20N4/c1-3-16(19-11-17)20-15-9-5-12-4-7-14(18-2)8-6-13(12)10-15/h3,5,9-10,14,18H,1,4,6-8H2,2H3,(H,19,20). The smallest absolute Gasteiger partial charge is 0.182 e. The van der Waals surface area contributed by atoms with Crippen LogP contribution < -0.4 is 10.6 Å². The van der Waals surface area contributed by atoms with Gasteiger partial charge >= 0.3 is 0 Å². The molecule has 1 atom stereocenters. The predicted molar refractivity (Wildman–Crippen MR) is 82.0 cm³/mol. The number of hydrogen-bond donors (Lipinski definition) is 2. The molecule has 0 heterocycles. The minimum Gasteiger partial charge on any atom is -0.317 e. The lowest BCUT2D eigenvalue weighted by Gasteiger charge is -2.11. The van der Waals surface area contributed by atoms with Crippen molar-refractivity contribution >= 4 is 11.5 Å². The summed E-state index contributed by atoms with van der Waals surface area (Å²) in [6.07, 6.45) is 7.92. The molecule has 1 aromatic carbocycles. The van der Waals surface area contributed by atoms with Crippen LogP contribution in [0.4, 0.5) is 5.69 Å². The van der Waals surface area contributed by atoms with Crippen LogP contribution in [-0.2, 0) is 12.8 Å². The number of aliphatic imine (C=N–C) groups is 1. The number of rotatable bonds is 3. The molecule has 1 unspecified atom stereocenters. The Morgan fingerprint density at radius 2 is 2.15 bits per heavy atom. The largest absolute Gasteiger partial charge is 0.317 e. The van der Waals surface area contributed by atoms with Crippen LogP contribution in [0.5, 0.6) is 0 Å². The van der Waals surface area contributed by atoms with E-state index in [2.05, 4.69) is 34.3 Å². The summed E-state index contributed by atoms with van der Waals surface area (Å²) in [5, 5.41) is 14.5. The third-order valence-corrected chi connectivity index (χ3v) is 3.75. The summed E-state index contributed by atoms with van der Waals surface area (Å²) in [4.78, 5) is 4.39. The molecule has 0 fully saturated rings. The molecule has 0 saturated carbocycles. The van der Waals surface area contributed by atoms with E-state index < -0.39 is 0 Å². The van der Waals surface area contributed by atoms with Crippen LogP contribution in [0.25, 0.3) is 0 Å². The second-order valence-electron chi connectivity index (χ2n) is 4.95. The first kappa shape index (κ1) is 14.3. The average molecular weight is 268 g/mol. The molecule has 2 rings (SSSR count). The normalized spacial score (nSPS) is 18.6. The highest BCUT2D eigenvalue weighted by atomic mass is 15.0. The Labute approximate surface area is 120 Å². The highest BCUT2D eigenvalue weighted by molar-refractivity contribution is 5.95. The maximum Gasteiger partial charge on any atom is 0.182 e. The van der Waals surface area contributed by atoms with Gasteiger partial charge in [-0.15, -0.1) is 0 Å². The number of nitrogens with zero attached hydrogens (tertiary/aromatic N) is 2. The minimum absolute atomic E-state index is 0.481. The highest BCUT2D eigenvalue weighted by Gasteiger charge is 2.14. The fourth-order valence-electron chi connectivity index (χ4n) is 2.57. The Hall–Kier alpha value is -2.12. The van der Waals surface area contributed by atoms with E-state index >= 15 is 0 Å². The van der Waals surface area contributed by atoms with E-state index in [1.807, 2.05) is 19.3 Å². The summed E-state index contributed by atoms with van der Waals surface area (Å²) < 4.78 is 0. The van der Waals surface area contributed by atoms with Crippen LogP contribution in [0.2, 0.25) is 0 Å². The summed E-state index contributed by atoms with van der Waals surface area (Å²) in [7, 11) is 2.03. The molecule has 1 aromatic rings. The summed E-state index contributed by atoms with van der Waals surface area (Å²) in [6.45, 7) is 3.65. The molecule has 0 aromatic heterocycles. The van der Waals surface area contributed by atoms with Crippen LogP contribution in [0.1, 0.15) is 24.0 Å². The molecule has 2 N–H and O–H groups in total. The first-order chi connectivity index (χ1) is 9.76. The van der Waals surface area contributed by atoms with Crippen LogP contribution in [0, 0.1) is 11.5 Å². The number of hydrogen-bond acceptors (Lipinski definition) is 3. The van der Waals surface area contributed by atoms with E-state index in [-0.39, 0.29) is 0 Å². The number of nitrogens with one attached hydrogen (secondary N) is 2. The third kappa shape index (κ3) is 3.46. The van der Waals surface area contributed by atoms with E-state index in [4.69, 9.17) is 5.26 Å². The lowest BCUT2D eigenvalue weighted by Crippen LogP contribution is -2.24. The fraction of sp³-hybridized carbons (Fsp3) is 0.375. The Morgan fingerprint density at radius 1 is 1.40 bits per heavy atom. The van der Waals surface area contributed by atoms with E-state index in [0.717, 1.165) is 24.9 Å². The van der Waals surface area contributed by atoms with Gasteiger partial charge in [0.1, 0.15) is 5.84 Å². The SMILES string of the molecule is C=CC(=Nc1ccc2c(c1)CCC(NC)CC2)NC#N. The molecule has 1 aliphatic rings. The zero-order chi connectivity index (χ0) is 14.4. The van der Waals surface area contributed by atoms with Gasteiger partial charge in [0.15, 0.2) is 6.19 Å². The maximum atomic E-state index is 8.63. The number of nitriles is 1.